The predicted octanol–water partition coefficient (Wildman–Crippen LogP) is 3.23. The van der Waals surface area contributed by atoms with E-state index in [1.54, 1.807) is 0 Å². The van der Waals surface area contributed by atoms with Crippen LogP contribution < -0.4 is 10.6 Å². The molecule has 6 nitrogen and oxygen atoms in total. The molecular weight excluding hydrogens is 429 g/mol. The Labute approximate surface area is 170 Å². The van der Waals surface area contributed by atoms with Gasteiger partial charge in [-0.2, -0.15) is 0 Å². The van der Waals surface area contributed by atoms with Crippen molar-refractivity contribution in [2.24, 2.45) is 0 Å². The lowest BCUT2D eigenvalue weighted by Crippen LogP contribution is -2.43. The zero-order chi connectivity index (χ0) is 20.5. The number of amides is 4. The standard InChI is InChI=1S/C20H19BrFN3O3/c1-12(13-3-7-15(21)8-4-13)23-17(26)11-25-18(27)20(2,24-19(25)28)14-5-9-16(22)10-6-14/h3-10,12H,11H2,1-2H3,(H,23,26)(H,24,28)/t12-,20-/m0/s1. The second-order valence-electron chi connectivity index (χ2n) is 6.79. The minimum Gasteiger partial charge on any atom is -0.348 e. The molecule has 3 rings (SSSR count). The lowest BCUT2D eigenvalue weighted by atomic mass is 9.92. The Kier molecular flexibility index (Phi) is 5.51. The van der Waals surface area contributed by atoms with Crippen LogP contribution in [-0.4, -0.2) is 29.3 Å². The van der Waals surface area contributed by atoms with Crippen LogP contribution >= 0.6 is 15.9 Å². The van der Waals surface area contributed by atoms with E-state index in [0.717, 1.165) is 14.9 Å². The first-order valence-corrected chi connectivity index (χ1v) is 9.45. The molecule has 2 N–H and O–H groups in total. The summed E-state index contributed by atoms with van der Waals surface area (Å²) >= 11 is 3.35. The minimum atomic E-state index is -1.34. The van der Waals surface area contributed by atoms with E-state index in [2.05, 4.69) is 26.6 Å². The third-order valence-electron chi connectivity index (χ3n) is 4.75. The van der Waals surface area contributed by atoms with Crippen LogP contribution in [0.1, 0.15) is 31.0 Å². The molecule has 1 heterocycles. The molecule has 0 radical (unpaired) electrons. The van der Waals surface area contributed by atoms with Crippen molar-refractivity contribution in [3.8, 4) is 0 Å². The van der Waals surface area contributed by atoms with E-state index in [9.17, 15) is 18.8 Å². The van der Waals surface area contributed by atoms with Gasteiger partial charge in [0, 0.05) is 4.47 Å². The van der Waals surface area contributed by atoms with Crippen LogP contribution in [0.25, 0.3) is 0 Å². The second kappa shape index (κ2) is 7.71. The van der Waals surface area contributed by atoms with Gasteiger partial charge in [-0.3, -0.25) is 14.5 Å². The van der Waals surface area contributed by atoms with Gasteiger partial charge < -0.3 is 10.6 Å². The number of carbonyl (C=O) groups excluding carboxylic acids is 3. The van der Waals surface area contributed by atoms with Crippen molar-refractivity contribution in [1.82, 2.24) is 15.5 Å². The number of carbonyl (C=O) groups is 3. The highest BCUT2D eigenvalue weighted by molar-refractivity contribution is 9.10. The molecule has 0 spiro atoms. The Hall–Kier alpha value is -2.74. The second-order valence-corrected chi connectivity index (χ2v) is 7.71. The number of imide groups is 1. The number of benzene rings is 2. The van der Waals surface area contributed by atoms with Crippen LogP contribution in [0, 0.1) is 5.82 Å². The predicted molar refractivity (Wildman–Crippen MR) is 105 cm³/mol. The van der Waals surface area contributed by atoms with Gasteiger partial charge in [0.1, 0.15) is 17.9 Å². The van der Waals surface area contributed by atoms with Crippen LogP contribution in [0.4, 0.5) is 9.18 Å². The van der Waals surface area contributed by atoms with Crippen molar-refractivity contribution in [1.29, 1.82) is 0 Å². The zero-order valence-corrected chi connectivity index (χ0v) is 16.9. The molecule has 2 aromatic rings. The van der Waals surface area contributed by atoms with Crippen molar-refractivity contribution >= 4 is 33.8 Å². The summed E-state index contributed by atoms with van der Waals surface area (Å²) in [7, 11) is 0. The van der Waals surface area contributed by atoms with Crippen LogP contribution in [0.2, 0.25) is 0 Å². The summed E-state index contributed by atoms with van der Waals surface area (Å²) in [5.41, 5.74) is -0.00848. The molecule has 28 heavy (non-hydrogen) atoms. The summed E-state index contributed by atoms with van der Waals surface area (Å²) in [4.78, 5) is 38.4. The number of halogens is 2. The van der Waals surface area contributed by atoms with E-state index in [4.69, 9.17) is 0 Å². The average Bonchev–Trinajstić information content (AvgIpc) is 2.86. The smallest absolute Gasteiger partial charge is 0.325 e. The molecule has 1 aliphatic rings. The molecule has 4 amide bonds. The fourth-order valence-corrected chi connectivity index (χ4v) is 3.35. The fourth-order valence-electron chi connectivity index (χ4n) is 3.08. The molecule has 0 unspecified atom stereocenters. The van der Waals surface area contributed by atoms with Crippen LogP contribution in [0.5, 0.6) is 0 Å². The van der Waals surface area contributed by atoms with Gasteiger partial charge in [0.05, 0.1) is 6.04 Å². The monoisotopic (exact) mass is 447 g/mol. The molecule has 0 aliphatic carbocycles. The van der Waals surface area contributed by atoms with E-state index < -0.39 is 35.7 Å². The van der Waals surface area contributed by atoms with Gasteiger partial charge in [-0.1, -0.05) is 40.2 Å². The number of urea groups is 1. The molecular formula is C20H19BrFN3O3. The van der Waals surface area contributed by atoms with Crippen molar-refractivity contribution in [3.63, 3.8) is 0 Å². The highest BCUT2D eigenvalue weighted by atomic mass is 79.9. The van der Waals surface area contributed by atoms with Gasteiger partial charge in [0.2, 0.25) is 5.91 Å². The third-order valence-corrected chi connectivity index (χ3v) is 5.27. The molecule has 1 aliphatic heterocycles. The van der Waals surface area contributed by atoms with Crippen LogP contribution in [0.3, 0.4) is 0 Å². The molecule has 146 valence electrons. The van der Waals surface area contributed by atoms with Gasteiger partial charge in [0.25, 0.3) is 5.91 Å². The Morgan fingerprint density at radius 1 is 1.18 bits per heavy atom. The number of nitrogens with zero attached hydrogens (tertiary/aromatic N) is 1. The summed E-state index contributed by atoms with van der Waals surface area (Å²) in [5, 5.41) is 5.37. The maximum Gasteiger partial charge on any atom is 0.325 e. The summed E-state index contributed by atoms with van der Waals surface area (Å²) in [6.45, 7) is 2.95. The Bertz CT molecular complexity index is 917. The highest BCUT2D eigenvalue weighted by Gasteiger charge is 2.49. The largest absolute Gasteiger partial charge is 0.348 e. The van der Waals surface area contributed by atoms with E-state index in [1.807, 2.05) is 31.2 Å². The number of hydrogen-bond acceptors (Lipinski definition) is 3. The summed E-state index contributed by atoms with van der Waals surface area (Å²) in [6.07, 6.45) is 0. The maximum atomic E-state index is 13.2. The third kappa shape index (κ3) is 3.91. The van der Waals surface area contributed by atoms with Crippen LogP contribution in [-0.2, 0) is 15.1 Å². The number of rotatable bonds is 5. The summed E-state index contributed by atoms with van der Waals surface area (Å²) in [5.74, 6) is -1.46. The topological polar surface area (TPSA) is 78.5 Å². The fraction of sp³-hybridized carbons (Fsp3) is 0.250. The molecule has 1 saturated heterocycles. The lowest BCUT2D eigenvalue weighted by molar-refractivity contribution is -0.135. The molecule has 2 aromatic carbocycles. The Balaban J connectivity index is 1.69. The first kappa shape index (κ1) is 20.0. The molecule has 0 bridgehead atoms. The Morgan fingerprint density at radius 2 is 1.79 bits per heavy atom. The van der Waals surface area contributed by atoms with E-state index >= 15 is 0 Å². The molecule has 8 heteroatoms. The van der Waals surface area contributed by atoms with Crippen LogP contribution in [0.15, 0.2) is 53.0 Å². The van der Waals surface area contributed by atoms with E-state index in [1.165, 1.54) is 31.2 Å². The molecule has 1 fully saturated rings. The zero-order valence-electron chi connectivity index (χ0n) is 15.3. The maximum absolute atomic E-state index is 13.2. The Morgan fingerprint density at radius 3 is 2.39 bits per heavy atom. The van der Waals surface area contributed by atoms with Crippen molar-refractivity contribution in [2.75, 3.05) is 6.54 Å². The lowest BCUT2D eigenvalue weighted by Gasteiger charge is -2.22. The number of nitrogens with one attached hydrogen (secondary N) is 2. The van der Waals surface area contributed by atoms with Gasteiger partial charge in [-0.25, -0.2) is 9.18 Å². The van der Waals surface area contributed by atoms with Crippen molar-refractivity contribution < 1.29 is 18.8 Å². The SMILES string of the molecule is C[C@H](NC(=O)CN1C(=O)N[C@@](C)(c2ccc(F)cc2)C1=O)c1ccc(Br)cc1. The normalized spacial score (nSPS) is 20.1. The summed E-state index contributed by atoms with van der Waals surface area (Å²) < 4.78 is 14.1. The quantitative estimate of drug-likeness (QED) is 0.690. The first-order valence-electron chi connectivity index (χ1n) is 8.65. The molecule has 0 saturated carbocycles. The highest BCUT2D eigenvalue weighted by Crippen LogP contribution is 2.28. The minimum absolute atomic E-state index is 0.287. The van der Waals surface area contributed by atoms with E-state index in [0.29, 0.717) is 5.56 Å². The average molecular weight is 448 g/mol. The molecule has 2 atom stereocenters. The van der Waals surface area contributed by atoms with Gasteiger partial charge >= 0.3 is 6.03 Å². The van der Waals surface area contributed by atoms with Crippen molar-refractivity contribution in [2.45, 2.75) is 25.4 Å². The number of hydrogen-bond donors (Lipinski definition) is 2. The van der Waals surface area contributed by atoms with Crippen molar-refractivity contribution in [3.05, 3.63) is 69.9 Å². The van der Waals surface area contributed by atoms with Gasteiger partial charge in [0.15, 0.2) is 0 Å². The van der Waals surface area contributed by atoms with Gasteiger partial charge in [-0.15, -0.1) is 0 Å². The first-order chi connectivity index (χ1) is 13.2. The van der Waals surface area contributed by atoms with E-state index in [-0.39, 0.29) is 6.04 Å². The van der Waals surface area contributed by atoms with Gasteiger partial charge in [-0.05, 0) is 49.2 Å². The summed E-state index contributed by atoms with van der Waals surface area (Å²) in [6, 6.07) is 11.8. The molecule has 0 aromatic heterocycles.